The Kier molecular flexibility index (Phi) is 7.46. The molecule has 2 heterocycles. The predicted octanol–water partition coefficient (Wildman–Crippen LogP) is 4.01. The molecule has 0 bridgehead atoms. The van der Waals surface area contributed by atoms with Gasteiger partial charge in [0.2, 0.25) is 5.95 Å². The van der Waals surface area contributed by atoms with Gasteiger partial charge in [0.15, 0.2) is 0 Å². The summed E-state index contributed by atoms with van der Waals surface area (Å²) in [6.07, 6.45) is 11.3. The molecule has 0 aromatic carbocycles. The molecule has 0 aliphatic heterocycles. The van der Waals surface area contributed by atoms with E-state index < -0.39 is 0 Å². The van der Waals surface area contributed by atoms with Crippen molar-refractivity contribution in [3.63, 3.8) is 0 Å². The lowest BCUT2D eigenvalue weighted by molar-refractivity contribution is 0.562. The molecule has 0 fully saturated rings. The number of anilines is 2. The first kappa shape index (κ1) is 18.2. The number of rotatable bonds is 10. The molecular weight excluding hydrogens is 298 g/mol. The Bertz CT molecular complexity index is 600. The fourth-order valence-corrected chi connectivity index (χ4v) is 2.82. The van der Waals surface area contributed by atoms with Gasteiger partial charge in [0.05, 0.1) is 0 Å². The van der Waals surface area contributed by atoms with E-state index in [0.29, 0.717) is 12.0 Å². The van der Waals surface area contributed by atoms with Crippen LogP contribution in [0.2, 0.25) is 0 Å². The minimum atomic E-state index is 0.324. The largest absolute Gasteiger partial charge is 0.368 e. The summed E-state index contributed by atoms with van der Waals surface area (Å²) in [5.74, 6) is 1.21. The molecule has 0 aliphatic rings. The van der Waals surface area contributed by atoms with Crippen LogP contribution in [0, 0.1) is 0 Å². The molecule has 0 spiro atoms. The summed E-state index contributed by atoms with van der Waals surface area (Å²) in [6, 6.07) is 6.44. The minimum Gasteiger partial charge on any atom is -0.368 e. The first-order valence-electron chi connectivity index (χ1n) is 9.00. The summed E-state index contributed by atoms with van der Waals surface area (Å²) in [5.41, 5.74) is 7.99. The zero-order valence-electron chi connectivity index (χ0n) is 14.8. The molecule has 1 atom stereocenters. The van der Waals surface area contributed by atoms with Crippen molar-refractivity contribution in [3.8, 4) is 0 Å². The Labute approximate surface area is 145 Å². The Morgan fingerprint density at radius 2 is 1.96 bits per heavy atom. The Morgan fingerprint density at radius 1 is 1.08 bits per heavy atom. The van der Waals surface area contributed by atoms with Crippen LogP contribution in [0.15, 0.2) is 30.6 Å². The second-order valence-corrected chi connectivity index (χ2v) is 6.20. The monoisotopic (exact) mass is 327 g/mol. The van der Waals surface area contributed by atoms with E-state index in [2.05, 4.69) is 34.1 Å². The quantitative estimate of drug-likeness (QED) is 0.689. The normalized spacial score (nSPS) is 12.1. The molecule has 3 N–H and O–H groups in total. The van der Waals surface area contributed by atoms with E-state index in [1.807, 2.05) is 30.6 Å². The lowest BCUT2D eigenvalue weighted by Crippen LogP contribution is -2.21. The number of hydrogen-bond acceptors (Lipinski definition) is 5. The van der Waals surface area contributed by atoms with Crippen molar-refractivity contribution in [3.05, 3.63) is 41.9 Å². The number of nitrogens with zero attached hydrogens (tertiary/aromatic N) is 3. The smallest absolute Gasteiger partial charge is 0.221 e. The molecule has 2 aromatic heterocycles. The molecular formula is C19H29N5. The summed E-state index contributed by atoms with van der Waals surface area (Å²) >= 11 is 0. The van der Waals surface area contributed by atoms with Crippen molar-refractivity contribution in [2.45, 2.75) is 64.8 Å². The lowest BCUT2D eigenvalue weighted by atomic mass is 10.0. The van der Waals surface area contributed by atoms with Gasteiger partial charge >= 0.3 is 0 Å². The Balaban J connectivity index is 2.08. The molecule has 2 rings (SSSR count). The highest BCUT2D eigenvalue weighted by Crippen LogP contribution is 2.19. The van der Waals surface area contributed by atoms with Crippen molar-refractivity contribution in [1.29, 1.82) is 0 Å². The number of nitrogen functional groups attached to an aromatic ring is 1. The summed E-state index contributed by atoms with van der Waals surface area (Å²) in [6.45, 7) is 4.45. The van der Waals surface area contributed by atoms with Gasteiger partial charge in [-0.3, -0.25) is 4.98 Å². The topological polar surface area (TPSA) is 76.7 Å². The summed E-state index contributed by atoms with van der Waals surface area (Å²) in [4.78, 5) is 13.0. The van der Waals surface area contributed by atoms with Crippen molar-refractivity contribution in [1.82, 2.24) is 15.0 Å². The van der Waals surface area contributed by atoms with E-state index in [4.69, 9.17) is 5.73 Å². The number of nitrogens with two attached hydrogens (primary N) is 1. The zero-order chi connectivity index (χ0) is 17.2. The molecule has 2 aromatic rings. The third-order valence-corrected chi connectivity index (χ3v) is 4.14. The van der Waals surface area contributed by atoms with Crippen LogP contribution >= 0.6 is 0 Å². The molecule has 0 saturated carbocycles. The van der Waals surface area contributed by atoms with E-state index in [1.165, 1.54) is 12.8 Å². The van der Waals surface area contributed by atoms with Gasteiger partial charge in [0.1, 0.15) is 5.82 Å². The molecule has 0 unspecified atom stereocenters. The van der Waals surface area contributed by atoms with Gasteiger partial charge in [-0.1, -0.05) is 39.2 Å². The van der Waals surface area contributed by atoms with Gasteiger partial charge in [0.25, 0.3) is 0 Å². The summed E-state index contributed by atoms with van der Waals surface area (Å²) in [7, 11) is 0. The number of aryl methyl sites for hydroxylation is 2. The maximum atomic E-state index is 5.81. The maximum Gasteiger partial charge on any atom is 0.221 e. The van der Waals surface area contributed by atoms with Crippen LogP contribution in [-0.4, -0.2) is 21.0 Å². The highest BCUT2D eigenvalue weighted by molar-refractivity contribution is 5.47. The highest BCUT2D eigenvalue weighted by atomic mass is 15.1. The standard InChI is InChI=1S/C19H29N5/c1-3-5-9-17(8-4-2)23-18-15(14-22-19(20)24-18)11-12-16-10-6-7-13-21-16/h6-7,10,13-14,17H,3-5,8-9,11-12H2,1-2H3,(H3,20,22,23,24)/t17-/m1/s1. The molecule has 0 radical (unpaired) electrons. The van der Waals surface area contributed by atoms with Crippen LogP contribution in [0.4, 0.5) is 11.8 Å². The Hall–Kier alpha value is -2.17. The molecule has 5 nitrogen and oxygen atoms in total. The van der Waals surface area contributed by atoms with Gasteiger partial charge in [-0.2, -0.15) is 4.98 Å². The SMILES string of the molecule is CCCC[C@@H](CCC)Nc1nc(N)ncc1CCc1ccccn1. The van der Waals surface area contributed by atoms with Gasteiger partial charge in [-0.25, -0.2) is 4.98 Å². The van der Waals surface area contributed by atoms with E-state index in [-0.39, 0.29) is 0 Å². The van der Waals surface area contributed by atoms with Crippen LogP contribution < -0.4 is 11.1 Å². The van der Waals surface area contributed by atoms with Gasteiger partial charge in [0, 0.05) is 29.7 Å². The number of nitrogens with one attached hydrogen (secondary N) is 1. The molecule has 24 heavy (non-hydrogen) atoms. The molecule has 0 aliphatic carbocycles. The minimum absolute atomic E-state index is 0.324. The number of pyridine rings is 1. The summed E-state index contributed by atoms with van der Waals surface area (Å²) in [5, 5.41) is 3.61. The van der Waals surface area contributed by atoms with Gasteiger partial charge in [-0.15, -0.1) is 0 Å². The highest BCUT2D eigenvalue weighted by Gasteiger charge is 2.12. The van der Waals surface area contributed by atoms with E-state index in [9.17, 15) is 0 Å². The Morgan fingerprint density at radius 3 is 2.67 bits per heavy atom. The zero-order valence-corrected chi connectivity index (χ0v) is 14.8. The third kappa shape index (κ3) is 5.80. The van der Waals surface area contributed by atoms with E-state index >= 15 is 0 Å². The third-order valence-electron chi connectivity index (χ3n) is 4.14. The van der Waals surface area contributed by atoms with Crippen LogP contribution in [0.5, 0.6) is 0 Å². The van der Waals surface area contributed by atoms with E-state index in [0.717, 1.165) is 49.2 Å². The second-order valence-electron chi connectivity index (χ2n) is 6.20. The first-order valence-corrected chi connectivity index (χ1v) is 9.00. The van der Waals surface area contributed by atoms with Crippen LogP contribution in [-0.2, 0) is 12.8 Å². The van der Waals surface area contributed by atoms with Crippen molar-refractivity contribution >= 4 is 11.8 Å². The van der Waals surface area contributed by atoms with Crippen molar-refractivity contribution < 1.29 is 0 Å². The predicted molar refractivity (Wildman–Crippen MR) is 99.9 cm³/mol. The molecule has 0 saturated heterocycles. The van der Waals surface area contributed by atoms with Crippen molar-refractivity contribution in [2.75, 3.05) is 11.1 Å². The second kappa shape index (κ2) is 9.85. The lowest BCUT2D eigenvalue weighted by Gasteiger charge is -2.20. The molecule has 130 valence electrons. The molecule has 0 amide bonds. The number of aromatic nitrogens is 3. The summed E-state index contributed by atoms with van der Waals surface area (Å²) < 4.78 is 0. The number of unbranched alkanes of at least 4 members (excludes halogenated alkanes) is 1. The van der Waals surface area contributed by atoms with Crippen LogP contribution in [0.25, 0.3) is 0 Å². The number of hydrogen-bond donors (Lipinski definition) is 2. The fraction of sp³-hybridized carbons (Fsp3) is 0.526. The average Bonchev–Trinajstić information content (AvgIpc) is 2.60. The maximum absolute atomic E-state index is 5.81. The molecule has 5 heteroatoms. The van der Waals surface area contributed by atoms with E-state index in [1.54, 1.807) is 0 Å². The van der Waals surface area contributed by atoms with Crippen LogP contribution in [0.1, 0.15) is 57.2 Å². The van der Waals surface area contributed by atoms with Gasteiger partial charge in [-0.05, 0) is 37.8 Å². The first-order chi connectivity index (χ1) is 11.7. The fourth-order valence-electron chi connectivity index (χ4n) is 2.82. The average molecular weight is 327 g/mol. The van der Waals surface area contributed by atoms with Gasteiger partial charge < -0.3 is 11.1 Å². The van der Waals surface area contributed by atoms with Crippen molar-refractivity contribution in [2.24, 2.45) is 0 Å². The van der Waals surface area contributed by atoms with Crippen LogP contribution in [0.3, 0.4) is 0 Å².